The monoisotopic (exact) mass is 314 g/mol. The number of nitrogens with two attached hydrogens (primary N) is 1. The van der Waals surface area contributed by atoms with E-state index in [0.717, 1.165) is 22.6 Å². The minimum absolute atomic E-state index is 0.0242. The molecule has 4 heteroatoms. The third kappa shape index (κ3) is 3.42. The van der Waals surface area contributed by atoms with Crippen LogP contribution in [-0.4, -0.2) is 19.1 Å². The molecule has 0 saturated heterocycles. The molecule has 1 aromatic carbocycles. The van der Waals surface area contributed by atoms with Gasteiger partial charge in [0.1, 0.15) is 5.75 Å². The van der Waals surface area contributed by atoms with Crippen molar-refractivity contribution >= 4 is 11.6 Å². The molecule has 1 aliphatic carbocycles. The van der Waals surface area contributed by atoms with Crippen molar-refractivity contribution in [1.82, 2.24) is 0 Å². The lowest BCUT2D eigenvalue weighted by Gasteiger charge is -2.32. The van der Waals surface area contributed by atoms with Crippen molar-refractivity contribution in [2.75, 3.05) is 18.1 Å². The van der Waals surface area contributed by atoms with Crippen LogP contribution >= 0.6 is 0 Å². The van der Waals surface area contributed by atoms with E-state index >= 15 is 0 Å². The summed E-state index contributed by atoms with van der Waals surface area (Å²) in [4.78, 5) is 14.0. The number of amides is 1. The Bertz CT molecular complexity index is 605. The first kappa shape index (κ1) is 16.1. The van der Waals surface area contributed by atoms with Gasteiger partial charge in [0.15, 0.2) is 6.61 Å². The van der Waals surface area contributed by atoms with Gasteiger partial charge in [-0.3, -0.25) is 4.79 Å². The van der Waals surface area contributed by atoms with Gasteiger partial charge in [-0.15, -0.1) is 0 Å². The van der Waals surface area contributed by atoms with Crippen LogP contribution in [0.3, 0.4) is 0 Å². The van der Waals surface area contributed by atoms with Crippen molar-refractivity contribution in [2.45, 2.75) is 45.1 Å². The Morgan fingerprint density at radius 2 is 2.13 bits per heavy atom. The molecule has 2 N–H and O–H groups in total. The predicted molar refractivity (Wildman–Crippen MR) is 92.6 cm³/mol. The molecular formula is C19H26N2O2. The average Bonchev–Trinajstić information content (AvgIpc) is 2.57. The molecule has 3 rings (SSSR count). The molecule has 124 valence electrons. The van der Waals surface area contributed by atoms with Gasteiger partial charge in [-0.05, 0) is 43.4 Å². The molecule has 0 radical (unpaired) electrons. The first-order valence-electron chi connectivity index (χ1n) is 8.53. The number of rotatable bonds is 4. The van der Waals surface area contributed by atoms with Crippen LogP contribution in [0.4, 0.5) is 5.69 Å². The van der Waals surface area contributed by atoms with Crippen LogP contribution in [0.5, 0.6) is 5.75 Å². The van der Waals surface area contributed by atoms with Gasteiger partial charge in [0.25, 0.3) is 5.91 Å². The quantitative estimate of drug-likeness (QED) is 0.864. The van der Waals surface area contributed by atoms with E-state index in [1.54, 1.807) is 4.90 Å². The summed E-state index contributed by atoms with van der Waals surface area (Å²) >= 11 is 0. The molecule has 1 aliphatic heterocycles. The summed E-state index contributed by atoms with van der Waals surface area (Å²) < 4.78 is 5.57. The maximum absolute atomic E-state index is 12.2. The number of nitrogens with zero attached hydrogens (tertiary/aromatic N) is 1. The highest BCUT2D eigenvalue weighted by Crippen LogP contribution is 2.38. The molecule has 1 aromatic rings. The number of ether oxygens (including phenoxy) is 1. The summed E-state index contributed by atoms with van der Waals surface area (Å²) in [5.74, 6) is 1.27. The van der Waals surface area contributed by atoms with Gasteiger partial charge in [-0.2, -0.15) is 0 Å². The first-order chi connectivity index (χ1) is 11.1. The smallest absolute Gasteiger partial charge is 0.265 e. The molecule has 4 nitrogen and oxygen atoms in total. The Kier molecular flexibility index (Phi) is 4.71. The van der Waals surface area contributed by atoms with Crippen molar-refractivity contribution in [3.8, 4) is 5.75 Å². The second-order valence-corrected chi connectivity index (χ2v) is 6.88. The van der Waals surface area contributed by atoms with E-state index < -0.39 is 0 Å². The summed E-state index contributed by atoms with van der Waals surface area (Å²) in [6.07, 6.45) is 6.26. The molecule has 0 aromatic heterocycles. The lowest BCUT2D eigenvalue weighted by Crippen LogP contribution is -2.39. The number of carbonyl (C=O) groups is 1. The molecule has 0 bridgehead atoms. The van der Waals surface area contributed by atoms with Crippen LogP contribution in [0.2, 0.25) is 0 Å². The number of hydrogen-bond acceptors (Lipinski definition) is 3. The fourth-order valence-electron chi connectivity index (χ4n) is 3.64. The zero-order valence-corrected chi connectivity index (χ0v) is 13.9. The molecule has 1 heterocycles. The maximum Gasteiger partial charge on any atom is 0.265 e. The highest BCUT2D eigenvalue weighted by atomic mass is 16.5. The van der Waals surface area contributed by atoms with Crippen LogP contribution in [0.1, 0.15) is 50.6 Å². The van der Waals surface area contributed by atoms with Crippen LogP contribution in [0.25, 0.3) is 0 Å². The van der Waals surface area contributed by atoms with Crippen molar-refractivity contribution in [2.24, 2.45) is 11.7 Å². The van der Waals surface area contributed by atoms with Crippen LogP contribution < -0.4 is 15.4 Å². The number of carbonyl (C=O) groups excluding carboxylic acids is 1. The normalized spacial score (nSPS) is 19.9. The Morgan fingerprint density at radius 1 is 1.39 bits per heavy atom. The maximum atomic E-state index is 12.2. The highest BCUT2D eigenvalue weighted by Gasteiger charge is 2.28. The highest BCUT2D eigenvalue weighted by molar-refractivity contribution is 5.98. The zero-order chi connectivity index (χ0) is 16.4. The van der Waals surface area contributed by atoms with Gasteiger partial charge in [0.05, 0.1) is 5.69 Å². The summed E-state index contributed by atoms with van der Waals surface area (Å²) in [5, 5.41) is 0. The summed E-state index contributed by atoms with van der Waals surface area (Å²) in [6.45, 7) is 6.48. The van der Waals surface area contributed by atoms with Crippen LogP contribution in [0, 0.1) is 5.92 Å². The van der Waals surface area contributed by atoms with Gasteiger partial charge in [0.2, 0.25) is 0 Å². The molecule has 0 spiro atoms. The fourth-order valence-corrected chi connectivity index (χ4v) is 3.64. The standard InChI is InChI=1S/C19H26N2O2/c1-13(2)11-21-16-10-15(8-9-17(16)23-12-18(21)22)19(20)14-6-4-3-5-7-14/h8-10,14,19H,1,3-7,11-12,20H2,2H3. The second kappa shape index (κ2) is 6.75. The van der Waals surface area contributed by atoms with Crippen LogP contribution in [-0.2, 0) is 4.79 Å². The summed E-state index contributed by atoms with van der Waals surface area (Å²) in [5.41, 5.74) is 9.40. The Balaban J connectivity index is 1.88. The number of anilines is 1. The molecule has 1 amide bonds. The Morgan fingerprint density at radius 3 is 2.83 bits per heavy atom. The number of benzene rings is 1. The van der Waals surface area contributed by atoms with Crippen molar-refractivity contribution in [3.63, 3.8) is 0 Å². The van der Waals surface area contributed by atoms with E-state index in [0.29, 0.717) is 12.5 Å². The molecule has 1 saturated carbocycles. The van der Waals surface area contributed by atoms with Gasteiger partial charge in [-0.25, -0.2) is 0 Å². The van der Waals surface area contributed by atoms with E-state index in [9.17, 15) is 4.79 Å². The topological polar surface area (TPSA) is 55.6 Å². The number of fused-ring (bicyclic) bond motifs is 1. The first-order valence-corrected chi connectivity index (χ1v) is 8.53. The number of hydrogen-bond donors (Lipinski definition) is 1. The largest absolute Gasteiger partial charge is 0.482 e. The zero-order valence-electron chi connectivity index (χ0n) is 13.9. The van der Waals surface area contributed by atoms with E-state index in [1.807, 2.05) is 25.1 Å². The Hall–Kier alpha value is -1.81. The molecule has 23 heavy (non-hydrogen) atoms. The minimum atomic E-state index is -0.0242. The molecule has 1 fully saturated rings. The van der Waals surface area contributed by atoms with Gasteiger partial charge >= 0.3 is 0 Å². The van der Waals surface area contributed by atoms with E-state index in [2.05, 4.69) is 6.58 Å². The molecule has 1 unspecified atom stereocenters. The predicted octanol–water partition coefficient (Wildman–Crippen LogP) is 3.57. The summed E-state index contributed by atoms with van der Waals surface area (Å²) in [7, 11) is 0. The van der Waals surface area contributed by atoms with Crippen molar-refractivity contribution in [1.29, 1.82) is 0 Å². The second-order valence-electron chi connectivity index (χ2n) is 6.88. The van der Waals surface area contributed by atoms with Gasteiger partial charge in [0, 0.05) is 12.6 Å². The fraction of sp³-hybridized carbons (Fsp3) is 0.526. The lowest BCUT2D eigenvalue weighted by atomic mass is 9.81. The van der Waals surface area contributed by atoms with Crippen molar-refractivity contribution < 1.29 is 9.53 Å². The summed E-state index contributed by atoms with van der Waals surface area (Å²) in [6, 6.07) is 6.07. The SMILES string of the molecule is C=C(C)CN1C(=O)COc2ccc(C(N)C3CCCCC3)cc21. The minimum Gasteiger partial charge on any atom is -0.482 e. The third-order valence-electron chi connectivity index (χ3n) is 4.90. The third-order valence-corrected chi connectivity index (χ3v) is 4.90. The van der Waals surface area contributed by atoms with Gasteiger partial charge in [-0.1, -0.05) is 37.5 Å². The van der Waals surface area contributed by atoms with E-state index in [1.165, 1.54) is 32.1 Å². The average molecular weight is 314 g/mol. The molecule has 2 aliphatic rings. The van der Waals surface area contributed by atoms with Crippen LogP contribution in [0.15, 0.2) is 30.4 Å². The lowest BCUT2D eigenvalue weighted by molar-refractivity contribution is -0.121. The van der Waals surface area contributed by atoms with E-state index in [-0.39, 0.29) is 18.6 Å². The molecule has 1 atom stereocenters. The Labute approximate surface area is 138 Å². The van der Waals surface area contributed by atoms with Gasteiger partial charge < -0.3 is 15.4 Å². The van der Waals surface area contributed by atoms with E-state index in [4.69, 9.17) is 10.5 Å². The molecular weight excluding hydrogens is 288 g/mol. The van der Waals surface area contributed by atoms with Crippen molar-refractivity contribution in [3.05, 3.63) is 35.9 Å².